The molecule has 0 amide bonds. The van der Waals surface area contributed by atoms with E-state index in [1.54, 1.807) is 0 Å². The third-order valence-electron chi connectivity index (χ3n) is 3.61. The van der Waals surface area contributed by atoms with Gasteiger partial charge in [-0.3, -0.25) is 0 Å². The van der Waals surface area contributed by atoms with E-state index in [2.05, 4.69) is 42.0 Å². The second kappa shape index (κ2) is 4.63. The molecule has 0 atom stereocenters. The Bertz CT molecular complexity index is 461. The molecule has 0 aliphatic carbocycles. The van der Waals surface area contributed by atoms with E-state index in [1.807, 2.05) is 0 Å². The van der Waals surface area contributed by atoms with Crippen molar-refractivity contribution in [3.8, 4) is 0 Å². The average Bonchev–Trinajstić information content (AvgIpc) is 2.19. The predicted octanol–water partition coefficient (Wildman–Crippen LogP) is 1.79. The first-order valence-corrected chi connectivity index (χ1v) is 7.01. The summed E-state index contributed by atoms with van der Waals surface area (Å²) in [7, 11) is 0. The van der Waals surface area contributed by atoms with E-state index in [9.17, 15) is 0 Å². The van der Waals surface area contributed by atoms with E-state index < -0.39 is 0 Å². The zero-order valence-electron chi connectivity index (χ0n) is 11.9. The molecule has 2 saturated heterocycles. The van der Waals surface area contributed by atoms with Crippen LogP contribution in [0.25, 0.3) is 0 Å². The Labute approximate surface area is 114 Å². The van der Waals surface area contributed by atoms with Gasteiger partial charge in [0, 0.05) is 24.6 Å². The van der Waals surface area contributed by atoms with Gasteiger partial charge in [-0.2, -0.15) is 4.98 Å². The molecule has 0 bridgehead atoms. The molecule has 0 spiro atoms. The van der Waals surface area contributed by atoms with Gasteiger partial charge in [0.25, 0.3) is 0 Å². The summed E-state index contributed by atoms with van der Waals surface area (Å²) in [4.78, 5) is 11.6. The molecule has 5 heteroatoms. The molecule has 0 unspecified atom stereocenters. The molecule has 3 heterocycles. The smallest absolute Gasteiger partial charge is 0.227 e. The van der Waals surface area contributed by atoms with E-state index in [0.717, 1.165) is 43.8 Å². The Balaban J connectivity index is 1.88. The highest BCUT2D eigenvalue weighted by molar-refractivity contribution is 5.47. The fraction of sp³-hybridized carbons (Fsp3) is 0.714. The third-order valence-corrected chi connectivity index (χ3v) is 3.61. The Morgan fingerprint density at radius 1 is 1.26 bits per heavy atom. The molecule has 0 saturated carbocycles. The highest BCUT2D eigenvalue weighted by Gasteiger charge is 2.24. The van der Waals surface area contributed by atoms with Crippen LogP contribution in [0.3, 0.4) is 0 Å². The number of ether oxygens (including phenoxy) is 1. The van der Waals surface area contributed by atoms with Gasteiger partial charge in [0.15, 0.2) is 0 Å². The molecule has 1 aromatic rings. The molecular formula is C14H22N4O. The summed E-state index contributed by atoms with van der Waals surface area (Å²) >= 11 is 0. The van der Waals surface area contributed by atoms with Crippen molar-refractivity contribution in [1.82, 2.24) is 9.97 Å². The van der Waals surface area contributed by atoms with Crippen molar-refractivity contribution in [2.45, 2.75) is 38.6 Å². The van der Waals surface area contributed by atoms with Crippen molar-refractivity contribution in [3.05, 3.63) is 11.8 Å². The van der Waals surface area contributed by atoms with Gasteiger partial charge in [0.2, 0.25) is 5.95 Å². The lowest BCUT2D eigenvalue weighted by Crippen LogP contribution is -2.41. The minimum absolute atomic E-state index is 0.0368. The SMILES string of the molecule is CC(C)(C)c1cc(NC2COC2)nc(N2CCC2)n1. The number of hydrogen-bond donors (Lipinski definition) is 1. The number of rotatable bonds is 3. The second-order valence-electron chi connectivity index (χ2n) is 6.41. The van der Waals surface area contributed by atoms with Gasteiger partial charge in [-0.1, -0.05) is 20.8 Å². The number of aromatic nitrogens is 2. The molecule has 0 aromatic carbocycles. The van der Waals surface area contributed by atoms with E-state index in [-0.39, 0.29) is 5.41 Å². The molecule has 1 aromatic heterocycles. The third kappa shape index (κ3) is 2.66. The van der Waals surface area contributed by atoms with Crippen LogP contribution in [0.15, 0.2) is 6.07 Å². The van der Waals surface area contributed by atoms with Crippen LogP contribution in [-0.2, 0) is 10.2 Å². The molecule has 19 heavy (non-hydrogen) atoms. The summed E-state index contributed by atoms with van der Waals surface area (Å²) in [6.07, 6.45) is 1.24. The summed E-state index contributed by atoms with van der Waals surface area (Å²) in [6, 6.07) is 2.47. The van der Waals surface area contributed by atoms with Gasteiger partial charge in [0.05, 0.1) is 24.9 Å². The largest absolute Gasteiger partial charge is 0.377 e. The van der Waals surface area contributed by atoms with Gasteiger partial charge in [-0.15, -0.1) is 0 Å². The van der Waals surface area contributed by atoms with Crippen molar-refractivity contribution in [1.29, 1.82) is 0 Å². The van der Waals surface area contributed by atoms with Crippen molar-refractivity contribution in [2.75, 3.05) is 36.5 Å². The van der Waals surface area contributed by atoms with Gasteiger partial charge in [-0.25, -0.2) is 4.98 Å². The predicted molar refractivity (Wildman–Crippen MR) is 75.8 cm³/mol. The summed E-state index contributed by atoms with van der Waals surface area (Å²) in [6.45, 7) is 10.2. The molecule has 2 aliphatic rings. The van der Waals surface area contributed by atoms with E-state index >= 15 is 0 Å². The van der Waals surface area contributed by atoms with Crippen LogP contribution < -0.4 is 10.2 Å². The summed E-state index contributed by atoms with van der Waals surface area (Å²) in [5, 5.41) is 3.43. The summed E-state index contributed by atoms with van der Waals surface area (Å²) < 4.78 is 5.20. The van der Waals surface area contributed by atoms with Gasteiger partial charge in [-0.05, 0) is 6.42 Å². The number of hydrogen-bond acceptors (Lipinski definition) is 5. The Morgan fingerprint density at radius 2 is 2.00 bits per heavy atom. The van der Waals surface area contributed by atoms with E-state index in [1.165, 1.54) is 6.42 Å². The fourth-order valence-electron chi connectivity index (χ4n) is 2.08. The molecule has 104 valence electrons. The van der Waals surface area contributed by atoms with Crippen LogP contribution in [0.5, 0.6) is 0 Å². The molecule has 2 fully saturated rings. The van der Waals surface area contributed by atoms with Crippen molar-refractivity contribution in [3.63, 3.8) is 0 Å². The van der Waals surface area contributed by atoms with Crippen LogP contribution in [0.2, 0.25) is 0 Å². The zero-order chi connectivity index (χ0) is 13.5. The maximum atomic E-state index is 5.20. The second-order valence-corrected chi connectivity index (χ2v) is 6.41. The van der Waals surface area contributed by atoms with E-state index in [0.29, 0.717) is 6.04 Å². The summed E-state index contributed by atoms with van der Waals surface area (Å²) in [5.74, 6) is 1.79. The minimum Gasteiger partial charge on any atom is -0.377 e. The Kier molecular flexibility index (Phi) is 3.09. The maximum Gasteiger partial charge on any atom is 0.227 e. The standard InChI is InChI=1S/C14H22N4O/c1-14(2,3)11-7-12(15-10-8-19-9-10)17-13(16-11)18-5-4-6-18/h7,10H,4-6,8-9H2,1-3H3,(H,15,16,17). The van der Waals surface area contributed by atoms with Crippen LogP contribution in [0.1, 0.15) is 32.9 Å². The maximum absolute atomic E-state index is 5.20. The fourth-order valence-corrected chi connectivity index (χ4v) is 2.08. The highest BCUT2D eigenvalue weighted by atomic mass is 16.5. The molecule has 5 nitrogen and oxygen atoms in total. The first-order chi connectivity index (χ1) is 9.02. The molecular weight excluding hydrogens is 240 g/mol. The van der Waals surface area contributed by atoms with Gasteiger partial charge < -0.3 is 15.0 Å². The minimum atomic E-state index is 0.0368. The lowest BCUT2D eigenvalue weighted by atomic mass is 9.92. The Morgan fingerprint density at radius 3 is 2.47 bits per heavy atom. The number of nitrogens with zero attached hydrogens (tertiary/aromatic N) is 3. The lowest BCUT2D eigenvalue weighted by molar-refractivity contribution is 0.0209. The first kappa shape index (κ1) is 12.7. The monoisotopic (exact) mass is 262 g/mol. The van der Waals surface area contributed by atoms with Crippen molar-refractivity contribution in [2.24, 2.45) is 0 Å². The average molecular weight is 262 g/mol. The van der Waals surface area contributed by atoms with Gasteiger partial charge >= 0.3 is 0 Å². The quantitative estimate of drug-likeness (QED) is 0.900. The number of anilines is 2. The molecule has 3 rings (SSSR count). The highest BCUT2D eigenvalue weighted by Crippen LogP contribution is 2.27. The van der Waals surface area contributed by atoms with Crippen LogP contribution in [0, 0.1) is 0 Å². The zero-order valence-corrected chi connectivity index (χ0v) is 11.9. The first-order valence-electron chi connectivity index (χ1n) is 7.01. The molecule has 2 aliphatic heterocycles. The van der Waals surface area contributed by atoms with Crippen LogP contribution in [-0.4, -0.2) is 42.3 Å². The molecule has 0 radical (unpaired) electrons. The van der Waals surface area contributed by atoms with E-state index in [4.69, 9.17) is 9.72 Å². The van der Waals surface area contributed by atoms with Gasteiger partial charge in [0.1, 0.15) is 5.82 Å². The lowest BCUT2D eigenvalue weighted by Gasteiger charge is -2.33. The van der Waals surface area contributed by atoms with Crippen molar-refractivity contribution >= 4 is 11.8 Å². The summed E-state index contributed by atoms with van der Waals surface area (Å²) in [5.41, 5.74) is 1.13. The number of nitrogens with one attached hydrogen (secondary N) is 1. The normalized spacial score (nSPS) is 19.8. The Hall–Kier alpha value is -1.36. The molecule has 1 N–H and O–H groups in total. The topological polar surface area (TPSA) is 50.3 Å². The van der Waals surface area contributed by atoms with Crippen LogP contribution in [0.4, 0.5) is 11.8 Å². The van der Waals surface area contributed by atoms with Crippen molar-refractivity contribution < 1.29 is 4.74 Å². The van der Waals surface area contributed by atoms with Crippen LogP contribution >= 0.6 is 0 Å².